The Balaban J connectivity index is 2.99. The third-order valence-electron chi connectivity index (χ3n) is 0.819. The highest BCUT2D eigenvalue weighted by atomic mass is 35.5. The van der Waals surface area contributed by atoms with Crippen molar-refractivity contribution in [1.82, 2.24) is 5.32 Å². The zero-order valence-corrected chi connectivity index (χ0v) is 6.36. The molecule has 0 saturated heterocycles. The molecule has 0 saturated carbocycles. The van der Waals surface area contributed by atoms with Crippen LogP contribution in [-0.4, -0.2) is 6.54 Å². The van der Waals surface area contributed by atoms with E-state index in [4.69, 9.17) is 11.6 Å². The molecule has 0 spiro atoms. The average molecular weight is 146 g/mol. The maximum Gasteiger partial charge on any atom is 0.0325 e. The van der Waals surface area contributed by atoms with Gasteiger partial charge in [-0.3, -0.25) is 0 Å². The molecule has 0 aliphatic carbocycles. The van der Waals surface area contributed by atoms with Crippen molar-refractivity contribution in [3.63, 3.8) is 0 Å². The predicted octanol–water partition coefficient (Wildman–Crippen LogP) is 2.25. The first kappa shape index (κ1) is 8.57. The summed E-state index contributed by atoms with van der Waals surface area (Å²) in [4.78, 5) is 0. The van der Waals surface area contributed by atoms with Crippen LogP contribution < -0.4 is 5.32 Å². The first-order chi connectivity index (χ1) is 4.41. The average Bonchev–Trinajstić information content (AvgIpc) is 1.89. The van der Waals surface area contributed by atoms with E-state index in [1.54, 1.807) is 6.20 Å². The van der Waals surface area contributed by atoms with Crippen molar-refractivity contribution < 1.29 is 0 Å². The van der Waals surface area contributed by atoms with Gasteiger partial charge in [0.25, 0.3) is 0 Å². The minimum Gasteiger partial charge on any atom is -0.387 e. The first-order valence-electron chi connectivity index (χ1n) is 3.05. The van der Waals surface area contributed by atoms with Gasteiger partial charge >= 0.3 is 0 Å². The number of hydrogen-bond acceptors (Lipinski definition) is 1. The van der Waals surface area contributed by atoms with Gasteiger partial charge in [0.1, 0.15) is 0 Å². The second-order valence-electron chi connectivity index (χ2n) is 1.58. The number of halogens is 1. The lowest BCUT2D eigenvalue weighted by atomic mass is 10.4. The lowest BCUT2D eigenvalue weighted by Crippen LogP contribution is -2.02. The van der Waals surface area contributed by atoms with Gasteiger partial charge in [-0.2, -0.15) is 0 Å². The Kier molecular flexibility index (Phi) is 7.21. The van der Waals surface area contributed by atoms with Gasteiger partial charge < -0.3 is 5.32 Å². The van der Waals surface area contributed by atoms with Crippen molar-refractivity contribution in [2.45, 2.75) is 13.3 Å². The molecule has 1 N–H and O–H groups in total. The largest absolute Gasteiger partial charge is 0.387 e. The SMILES string of the molecule is CC/C=C\CN/C=C/Cl. The maximum atomic E-state index is 5.25. The van der Waals surface area contributed by atoms with E-state index >= 15 is 0 Å². The Morgan fingerprint density at radius 3 is 2.78 bits per heavy atom. The van der Waals surface area contributed by atoms with E-state index in [9.17, 15) is 0 Å². The minimum absolute atomic E-state index is 0.858. The predicted molar refractivity (Wildman–Crippen MR) is 42.4 cm³/mol. The molecule has 0 aliphatic rings. The van der Waals surface area contributed by atoms with Crippen molar-refractivity contribution in [1.29, 1.82) is 0 Å². The van der Waals surface area contributed by atoms with Crippen LogP contribution in [-0.2, 0) is 0 Å². The Bertz CT molecular complexity index is 97.1. The second-order valence-corrected chi connectivity index (χ2v) is 1.83. The van der Waals surface area contributed by atoms with E-state index in [-0.39, 0.29) is 0 Å². The third kappa shape index (κ3) is 7.57. The van der Waals surface area contributed by atoms with E-state index in [2.05, 4.69) is 24.4 Å². The van der Waals surface area contributed by atoms with Gasteiger partial charge in [-0.15, -0.1) is 0 Å². The van der Waals surface area contributed by atoms with E-state index in [0.29, 0.717) is 0 Å². The number of rotatable bonds is 4. The Hall–Kier alpha value is -0.430. The van der Waals surface area contributed by atoms with E-state index in [1.165, 1.54) is 5.54 Å². The van der Waals surface area contributed by atoms with Crippen molar-refractivity contribution in [2.75, 3.05) is 6.54 Å². The van der Waals surface area contributed by atoms with Gasteiger partial charge in [-0.05, 0) is 6.42 Å². The Labute approximate surface area is 61.4 Å². The summed E-state index contributed by atoms with van der Waals surface area (Å²) in [5.74, 6) is 0. The summed E-state index contributed by atoms with van der Waals surface area (Å²) in [5, 5.41) is 2.97. The molecule has 0 aromatic heterocycles. The molecule has 0 atom stereocenters. The smallest absolute Gasteiger partial charge is 0.0325 e. The molecule has 2 heteroatoms. The lowest BCUT2D eigenvalue weighted by molar-refractivity contribution is 0.980. The van der Waals surface area contributed by atoms with E-state index in [1.807, 2.05) is 0 Å². The van der Waals surface area contributed by atoms with Gasteiger partial charge in [-0.1, -0.05) is 30.7 Å². The molecule has 0 heterocycles. The molecule has 0 fully saturated rings. The standard InChI is InChI=1S/C7H12ClN/c1-2-3-4-6-9-7-5-8/h3-5,7,9H,2,6H2,1H3/b4-3-,7-5+. The lowest BCUT2D eigenvalue weighted by Gasteiger charge is -1.89. The summed E-state index contributed by atoms with van der Waals surface area (Å²) in [5.41, 5.74) is 1.46. The molecular formula is C7H12ClN. The van der Waals surface area contributed by atoms with Crippen molar-refractivity contribution in [2.24, 2.45) is 0 Å². The number of allylic oxidation sites excluding steroid dienone is 1. The highest BCUT2D eigenvalue weighted by Gasteiger charge is 1.68. The second kappa shape index (κ2) is 7.57. The molecular weight excluding hydrogens is 134 g/mol. The van der Waals surface area contributed by atoms with Gasteiger partial charge in [0.05, 0.1) is 0 Å². The minimum atomic E-state index is 0.858. The van der Waals surface area contributed by atoms with Crippen molar-refractivity contribution >= 4 is 11.6 Å². The third-order valence-corrected chi connectivity index (χ3v) is 0.945. The fourth-order valence-corrected chi connectivity index (χ4v) is 0.520. The van der Waals surface area contributed by atoms with Crippen LogP contribution in [0.2, 0.25) is 0 Å². The molecule has 9 heavy (non-hydrogen) atoms. The summed E-state index contributed by atoms with van der Waals surface area (Å²) in [6.07, 6.45) is 6.97. The summed E-state index contributed by atoms with van der Waals surface area (Å²) in [6.45, 7) is 2.96. The summed E-state index contributed by atoms with van der Waals surface area (Å²) < 4.78 is 0. The van der Waals surface area contributed by atoms with Gasteiger partial charge in [-0.25, -0.2) is 0 Å². The number of hydrogen-bond donors (Lipinski definition) is 1. The molecule has 1 nitrogen and oxygen atoms in total. The summed E-state index contributed by atoms with van der Waals surface area (Å²) in [7, 11) is 0. The Morgan fingerprint density at radius 2 is 2.22 bits per heavy atom. The van der Waals surface area contributed by atoms with Crippen LogP contribution >= 0.6 is 11.6 Å². The Morgan fingerprint density at radius 1 is 1.44 bits per heavy atom. The fourth-order valence-electron chi connectivity index (χ4n) is 0.431. The van der Waals surface area contributed by atoms with Crippen LogP contribution in [0.3, 0.4) is 0 Å². The quantitative estimate of drug-likeness (QED) is 0.473. The fraction of sp³-hybridized carbons (Fsp3) is 0.429. The van der Waals surface area contributed by atoms with Crippen LogP contribution in [0.25, 0.3) is 0 Å². The van der Waals surface area contributed by atoms with Crippen LogP contribution in [0, 0.1) is 0 Å². The first-order valence-corrected chi connectivity index (χ1v) is 3.49. The van der Waals surface area contributed by atoms with E-state index < -0.39 is 0 Å². The van der Waals surface area contributed by atoms with Crippen LogP contribution in [0.1, 0.15) is 13.3 Å². The van der Waals surface area contributed by atoms with E-state index in [0.717, 1.165) is 13.0 Å². The topological polar surface area (TPSA) is 12.0 Å². The molecule has 0 bridgehead atoms. The zero-order chi connectivity index (χ0) is 6.95. The highest BCUT2D eigenvalue weighted by Crippen LogP contribution is 1.77. The zero-order valence-electron chi connectivity index (χ0n) is 5.60. The molecule has 0 aromatic carbocycles. The molecule has 0 radical (unpaired) electrons. The van der Waals surface area contributed by atoms with Crippen molar-refractivity contribution in [3.8, 4) is 0 Å². The van der Waals surface area contributed by atoms with Crippen LogP contribution in [0.4, 0.5) is 0 Å². The molecule has 0 aromatic rings. The monoisotopic (exact) mass is 145 g/mol. The molecule has 0 amide bonds. The normalized spacial score (nSPS) is 11.3. The van der Waals surface area contributed by atoms with Gasteiger partial charge in [0.2, 0.25) is 0 Å². The summed E-state index contributed by atoms with van der Waals surface area (Å²) >= 11 is 5.25. The van der Waals surface area contributed by atoms with Gasteiger partial charge in [0, 0.05) is 18.3 Å². The number of nitrogens with one attached hydrogen (secondary N) is 1. The highest BCUT2D eigenvalue weighted by molar-refractivity contribution is 6.25. The maximum absolute atomic E-state index is 5.25. The van der Waals surface area contributed by atoms with Gasteiger partial charge in [0.15, 0.2) is 0 Å². The molecule has 0 rings (SSSR count). The van der Waals surface area contributed by atoms with Crippen LogP contribution in [0.5, 0.6) is 0 Å². The van der Waals surface area contributed by atoms with Crippen molar-refractivity contribution in [3.05, 3.63) is 23.9 Å². The summed E-state index contributed by atoms with van der Waals surface area (Å²) in [6, 6.07) is 0. The molecule has 52 valence electrons. The molecule has 0 unspecified atom stereocenters. The van der Waals surface area contributed by atoms with Crippen LogP contribution in [0.15, 0.2) is 23.9 Å². The molecule has 0 aliphatic heterocycles.